The van der Waals surface area contributed by atoms with Crippen molar-refractivity contribution in [2.75, 3.05) is 26.4 Å². The van der Waals surface area contributed by atoms with Crippen LogP contribution in [0.4, 0.5) is 0 Å². The molecule has 12 heteroatoms. The molecular weight excluding hydrogens is 769 g/mol. The van der Waals surface area contributed by atoms with Crippen molar-refractivity contribution in [3.05, 3.63) is 59.1 Å². The van der Waals surface area contributed by atoms with E-state index in [2.05, 4.69) is 39.8 Å². The summed E-state index contributed by atoms with van der Waals surface area (Å²) in [5, 5.41) is 10.3. The van der Waals surface area contributed by atoms with E-state index >= 15 is 0 Å². The number of ether oxygens (including phenoxy) is 2. The zero-order valence-electron chi connectivity index (χ0n) is 37.3. The topological polar surface area (TPSA) is 168 Å². The van der Waals surface area contributed by atoms with E-state index < -0.39 is 38.6 Å². The Labute approximate surface area is 357 Å². The largest absolute Gasteiger partial charge is 0.472 e. The summed E-state index contributed by atoms with van der Waals surface area (Å²) in [4.78, 5) is 35.0. The van der Waals surface area contributed by atoms with E-state index in [9.17, 15) is 24.2 Å². The summed E-state index contributed by atoms with van der Waals surface area (Å²) in [6.45, 7) is 7.80. The number of nitrogens with two attached hydrogens (primary N) is 1. The number of phosphoric ester groups is 1. The molecule has 0 aliphatic heterocycles. The summed E-state index contributed by atoms with van der Waals surface area (Å²) >= 11 is 0. The third-order valence-electron chi connectivity index (χ3n) is 10.3. The normalized spacial score (nSPS) is 14.1. The van der Waals surface area contributed by atoms with Gasteiger partial charge in [0.25, 0.3) is 0 Å². The Hall–Kier alpha value is -2.53. The number of hydrogen-bond donors (Lipinski definition) is 3. The van der Waals surface area contributed by atoms with Crippen LogP contribution in [-0.4, -0.2) is 60.5 Å². The molecule has 0 bridgehead atoms. The van der Waals surface area contributed by atoms with Crippen LogP contribution in [0, 0.1) is 13.8 Å². The van der Waals surface area contributed by atoms with Gasteiger partial charge in [-0.2, -0.15) is 0 Å². The number of hydrogen-bond acceptors (Lipinski definition) is 10. The lowest BCUT2D eigenvalue weighted by Gasteiger charge is -2.20. The van der Waals surface area contributed by atoms with Gasteiger partial charge in [0.05, 0.1) is 19.3 Å². The van der Waals surface area contributed by atoms with E-state index in [1.54, 1.807) is 12.2 Å². The van der Waals surface area contributed by atoms with Crippen LogP contribution in [-0.2, 0) is 45.5 Å². The number of aliphatic hydroxyl groups excluding tert-OH is 1. The highest BCUT2D eigenvalue weighted by molar-refractivity contribution is 7.47. The predicted octanol–water partition coefficient (Wildman–Crippen LogP) is 11.6. The second-order valence-corrected chi connectivity index (χ2v) is 17.2. The first-order valence-electron chi connectivity index (χ1n) is 22.9. The van der Waals surface area contributed by atoms with E-state index in [0.29, 0.717) is 19.3 Å². The number of aliphatic hydroxyl groups is 1. The third-order valence-corrected chi connectivity index (χ3v) is 11.3. The van der Waals surface area contributed by atoms with E-state index in [0.717, 1.165) is 69.3 Å². The Morgan fingerprint density at radius 3 is 1.95 bits per heavy atom. The molecule has 0 radical (unpaired) electrons. The van der Waals surface area contributed by atoms with Crippen molar-refractivity contribution < 1.29 is 47.1 Å². The first kappa shape index (κ1) is 54.5. The van der Waals surface area contributed by atoms with Crippen molar-refractivity contribution in [3.63, 3.8) is 0 Å². The second kappa shape index (κ2) is 36.2. The van der Waals surface area contributed by atoms with Crippen LogP contribution in [0.5, 0.6) is 0 Å². The van der Waals surface area contributed by atoms with Gasteiger partial charge < -0.3 is 29.6 Å². The van der Waals surface area contributed by atoms with E-state index in [1.807, 2.05) is 12.2 Å². The van der Waals surface area contributed by atoms with Crippen molar-refractivity contribution >= 4 is 19.8 Å². The first-order valence-corrected chi connectivity index (χ1v) is 24.4. The van der Waals surface area contributed by atoms with Gasteiger partial charge in [0, 0.05) is 32.2 Å². The van der Waals surface area contributed by atoms with Crippen molar-refractivity contribution in [1.82, 2.24) is 0 Å². The molecule has 1 aromatic heterocycles. The highest BCUT2D eigenvalue weighted by Gasteiger charge is 2.26. The number of furan rings is 1. The van der Waals surface area contributed by atoms with Gasteiger partial charge >= 0.3 is 19.8 Å². The Morgan fingerprint density at radius 2 is 1.29 bits per heavy atom. The highest BCUT2D eigenvalue weighted by Crippen LogP contribution is 2.43. The maximum absolute atomic E-state index is 12.6. The minimum atomic E-state index is -4.44. The summed E-state index contributed by atoms with van der Waals surface area (Å²) in [6, 6.07) is 0. The van der Waals surface area contributed by atoms with Crippen molar-refractivity contribution in [3.8, 4) is 0 Å². The van der Waals surface area contributed by atoms with Gasteiger partial charge in [0.2, 0.25) is 0 Å². The molecule has 0 aliphatic carbocycles. The van der Waals surface area contributed by atoms with E-state index in [1.165, 1.54) is 81.8 Å². The fourth-order valence-corrected chi connectivity index (χ4v) is 7.35. The highest BCUT2D eigenvalue weighted by atomic mass is 31.2. The summed E-state index contributed by atoms with van der Waals surface area (Å²) < 4.78 is 38.9. The van der Waals surface area contributed by atoms with Crippen molar-refractivity contribution in [2.24, 2.45) is 5.73 Å². The summed E-state index contributed by atoms with van der Waals surface area (Å²) in [6.07, 6.45) is 34.6. The molecule has 0 spiro atoms. The van der Waals surface area contributed by atoms with Crippen LogP contribution in [0.15, 0.2) is 40.9 Å². The number of phosphoric acid groups is 1. The fraction of sp³-hybridized carbons (Fsp3) is 0.745. The second-order valence-electron chi connectivity index (χ2n) is 15.7. The van der Waals surface area contributed by atoms with Crippen LogP contribution in [0.3, 0.4) is 0 Å². The van der Waals surface area contributed by atoms with Crippen molar-refractivity contribution in [2.45, 2.75) is 200 Å². The summed E-state index contributed by atoms with van der Waals surface area (Å²) in [7, 11) is -4.44. The molecule has 11 nitrogen and oxygen atoms in total. The van der Waals surface area contributed by atoms with E-state index in [-0.39, 0.29) is 32.6 Å². The van der Waals surface area contributed by atoms with E-state index in [4.69, 9.17) is 28.7 Å². The smallest absolute Gasteiger partial charge is 0.466 e. The molecule has 0 saturated carbocycles. The number of rotatable bonds is 39. The van der Waals surface area contributed by atoms with Crippen LogP contribution >= 0.6 is 7.82 Å². The molecule has 0 saturated heterocycles. The zero-order valence-corrected chi connectivity index (χ0v) is 38.2. The summed E-state index contributed by atoms with van der Waals surface area (Å²) in [5.74, 6) is 1.27. The maximum atomic E-state index is 12.6. The molecule has 0 aromatic carbocycles. The van der Waals surface area contributed by atoms with Gasteiger partial charge in [0.15, 0.2) is 6.10 Å². The summed E-state index contributed by atoms with van der Waals surface area (Å²) in [5.41, 5.74) is 7.98. The van der Waals surface area contributed by atoms with Gasteiger partial charge in [-0.25, -0.2) is 4.57 Å². The molecule has 1 aromatic rings. The molecule has 2 unspecified atom stereocenters. The molecule has 59 heavy (non-hydrogen) atoms. The lowest BCUT2D eigenvalue weighted by molar-refractivity contribution is -0.161. The van der Waals surface area contributed by atoms with Crippen LogP contribution in [0.1, 0.15) is 184 Å². The number of unbranched alkanes of at least 4 members (excludes halogenated alkanes) is 15. The maximum Gasteiger partial charge on any atom is 0.472 e. The number of carbonyl (C=O) groups excluding carboxylic acids is 2. The first-order chi connectivity index (χ1) is 28.5. The number of allylic oxidation sites excluding steroid dienone is 5. The van der Waals surface area contributed by atoms with Gasteiger partial charge in [0.1, 0.15) is 18.1 Å². The van der Waals surface area contributed by atoms with Crippen LogP contribution < -0.4 is 5.73 Å². The number of carbonyl (C=O) groups is 2. The third kappa shape index (κ3) is 30.2. The van der Waals surface area contributed by atoms with Crippen molar-refractivity contribution in [1.29, 1.82) is 0 Å². The van der Waals surface area contributed by atoms with Crippen LogP contribution in [0.25, 0.3) is 0 Å². The molecule has 340 valence electrons. The lowest BCUT2D eigenvalue weighted by Crippen LogP contribution is -2.29. The molecule has 1 rings (SSSR count). The Morgan fingerprint density at radius 1 is 0.712 bits per heavy atom. The van der Waals surface area contributed by atoms with Crippen LogP contribution in [0.2, 0.25) is 0 Å². The monoisotopic (exact) mass is 852 g/mol. The Bertz CT molecular complexity index is 1360. The molecule has 0 aliphatic rings. The minimum absolute atomic E-state index is 0.00156. The number of esters is 2. The Balaban J connectivity index is 2.32. The SMILES string of the molecule is CCCCCCCC/C=C/C/C=C/C=C/C(O)CCCC(=O)O[C@H](COC(=O)CCCCCCCCCCc1oc(CCCCC)c(C)c1C)COP(=O)(O)OCCN. The van der Waals surface area contributed by atoms with Gasteiger partial charge in [-0.05, 0) is 76.3 Å². The molecule has 3 atom stereocenters. The lowest BCUT2D eigenvalue weighted by atomic mass is 10.0. The fourth-order valence-electron chi connectivity index (χ4n) is 6.59. The average Bonchev–Trinajstić information content (AvgIpc) is 3.48. The quantitative estimate of drug-likeness (QED) is 0.0189. The standard InChI is InChI=1S/C47H82NO10P/c1-5-7-9-10-11-12-13-14-15-16-19-22-26-30-42(49)31-29-35-47(51)57-43(39-56-59(52,53)55-37-36-48)38-54-46(50)34-28-24-21-18-17-20-23-27-33-45-41(4)40(3)44(58-45)32-25-8-6-2/h14-15,19,22,26,30,42-43,49H,5-13,16-18,20-21,23-25,27-29,31-39,48H2,1-4H3,(H,52,53)/b15-14+,22-19+,30-26+/t42?,43-/m1/s1. The zero-order chi connectivity index (χ0) is 43.4. The van der Waals surface area contributed by atoms with Gasteiger partial charge in [-0.3, -0.25) is 18.6 Å². The van der Waals surface area contributed by atoms with Gasteiger partial charge in [-0.15, -0.1) is 0 Å². The molecule has 0 amide bonds. The average molecular weight is 852 g/mol. The molecule has 0 fully saturated rings. The van der Waals surface area contributed by atoms with Gasteiger partial charge in [-0.1, -0.05) is 134 Å². The molecule has 1 heterocycles. The molecular formula is C47H82NO10P. The Kier molecular flexibility index (Phi) is 33.4. The predicted molar refractivity (Wildman–Crippen MR) is 238 cm³/mol. The number of aryl methyl sites for hydroxylation is 2. The minimum Gasteiger partial charge on any atom is -0.466 e. The molecule has 4 N–H and O–H groups in total.